The Hall–Kier alpha value is -1.14. The molecule has 4 heterocycles. The number of hydrogen-bond donors (Lipinski definition) is 3. The van der Waals surface area contributed by atoms with Crippen LogP contribution in [0.25, 0.3) is 11.2 Å². The second-order valence-electron chi connectivity index (χ2n) is 5.07. The fourth-order valence-electron chi connectivity index (χ4n) is 2.67. The van der Waals surface area contributed by atoms with Gasteiger partial charge in [-0.15, -0.1) is 0 Å². The molecular weight excluding hydrogens is 397 g/mol. The number of ether oxygens (including phenoxy) is 1. The van der Waals surface area contributed by atoms with E-state index in [0.717, 1.165) is 0 Å². The van der Waals surface area contributed by atoms with E-state index in [0.29, 0.717) is 15.9 Å². The summed E-state index contributed by atoms with van der Waals surface area (Å²) in [5.41, 5.74) is 6.45. The molecule has 2 fully saturated rings. The highest BCUT2D eigenvalue weighted by molar-refractivity contribution is 9.10. The minimum absolute atomic E-state index is 0.173. The van der Waals surface area contributed by atoms with E-state index in [2.05, 4.69) is 30.9 Å². The number of nitrogens with zero attached hydrogens (tertiary/aromatic N) is 4. The predicted molar refractivity (Wildman–Crippen MR) is 78.0 cm³/mol. The van der Waals surface area contributed by atoms with E-state index >= 15 is 0 Å². The number of hydrogen-bond acceptors (Lipinski definition) is 9. The third-order valence-corrected chi connectivity index (χ3v) is 5.23. The second kappa shape index (κ2) is 5.18. The fraction of sp³-hybridized carbons (Fsp3) is 0.500. The van der Waals surface area contributed by atoms with E-state index < -0.39 is 32.4 Å². The summed E-state index contributed by atoms with van der Waals surface area (Å²) in [4.78, 5) is 21.5. The van der Waals surface area contributed by atoms with Crippen molar-refractivity contribution in [3.05, 3.63) is 11.1 Å². The average molecular weight is 408 g/mol. The normalized spacial score (nSPS) is 37.2. The Morgan fingerprint density at radius 3 is 3.04 bits per heavy atom. The van der Waals surface area contributed by atoms with Crippen molar-refractivity contribution in [3.63, 3.8) is 0 Å². The van der Waals surface area contributed by atoms with Crippen molar-refractivity contribution in [1.82, 2.24) is 19.5 Å². The molecule has 2 unspecified atom stereocenters. The number of aliphatic hydroxyl groups excluding tert-OH is 1. The van der Waals surface area contributed by atoms with E-state index in [1.807, 2.05) is 0 Å². The number of aliphatic hydroxyl groups is 1. The number of nitrogen functional groups attached to an aromatic ring is 1. The molecule has 0 aliphatic carbocycles. The van der Waals surface area contributed by atoms with Gasteiger partial charge in [0.2, 0.25) is 0 Å². The van der Waals surface area contributed by atoms with Crippen LogP contribution in [0.5, 0.6) is 0 Å². The van der Waals surface area contributed by atoms with Gasteiger partial charge in [-0.2, -0.15) is 0 Å². The maximum absolute atomic E-state index is 11.5. The van der Waals surface area contributed by atoms with Crippen LogP contribution in [0.1, 0.15) is 6.23 Å². The van der Waals surface area contributed by atoms with E-state index in [1.165, 1.54) is 10.9 Å². The molecule has 124 valence electrons. The zero-order chi connectivity index (χ0) is 16.4. The van der Waals surface area contributed by atoms with E-state index in [1.54, 1.807) is 0 Å². The van der Waals surface area contributed by atoms with Gasteiger partial charge in [-0.05, 0) is 15.9 Å². The Kier molecular flexibility index (Phi) is 3.47. The van der Waals surface area contributed by atoms with Crippen LogP contribution < -0.4 is 5.73 Å². The minimum atomic E-state index is -4.19. The molecule has 0 spiro atoms. The van der Waals surface area contributed by atoms with Gasteiger partial charge in [-0.1, -0.05) is 0 Å². The molecule has 0 saturated carbocycles. The highest BCUT2D eigenvalue weighted by Crippen LogP contribution is 2.52. The van der Waals surface area contributed by atoms with Crippen LogP contribution in [0.15, 0.2) is 11.1 Å². The Bertz CT molecular complexity index is 831. The quantitative estimate of drug-likeness (QED) is 0.432. The van der Waals surface area contributed by atoms with Gasteiger partial charge >= 0.3 is 7.82 Å². The maximum atomic E-state index is 11.5. The molecule has 2 aromatic heterocycles. The highest BCUT2D eigenvalue weighted by atomic mass is 79.9. The summed E-state index contributed by atoms with van der Waals surface area (Å²) in [5.74, 6) is 0.179. The Morgan fingerprint density at radius 1 is 1.48 bits per heavy atom. The third-order valence-electron chi connectivity index (χ3n) is 3.68. The zero-order valence-corrected chi connectivity index (χ0v) is 13.8. The molecule has 0 radical (unpaired) electrons. The summed E-state index contributed by atoms with van der Waals surface area (Å²) in [7, 11) is -4.19. The van der Waals surface area contributed by atoms with Gasteiger partial charge in [0, 0.05) is 0 Å². The van der Waals surface area contributed by atoms with Crippen LogP contribution in [-0.2, 0) is 18.3 Å². The largest absolute Gasteiger partial charge is 0.472 e. The van der Waals surface area contributed by atoms with Gasteiger partial charge in [0.25, 0.3) is 0 Å². The molecule has 13 heteroatoms. The molecule has 0 amide bonds. The van der Waals surface area contributed by atoms with Crippen LogP contribution >= 0.6 is 23.8 Å². The number of phosphoric ester groups is 1. The smallest absolute Gasteiger partial charge is 0.386 e. The Labute approximate surface area is 137 Å². The Balaban J connectivity index is 1.76. The molecule has 11 nitrogen and oxygen atoms in total. The lowest BCUT2D eigenvalue weighted by molar-refractivity contribution is -0.0669. The molecule has 2 aliphatic heterocycles. The number of imidazole rings is 1. The standard InChI is InChI=1S/C10H11BrN5O6P/c11-10-15-4-7(12)13-2-14-8(4)16(10)9-5(17)6-3(21-9)1-20-23(18,19)22-6/h2-3,5-6,9,17H,1H2,(H,18,19)(H2,12,13,14)/t3-,5-,6-,9?/m0/s1. The first kappa shape index (κ1) is 15.4. The summed E-state index contributed by atoms with van der Waals surface area (Å²) in [6, 6.07) is 0. The molecule has 0 bridgehead atoms. The van der Waals surface area contributed by atoms with Gasteiger partial charge in [0.1, 0.15) is 24.6 Å². The SMILES string of the molecule is Nc1ncnc2c1nc(Br)n2C1O[C@H]2COP(=O)(O)O[C@@H]2[C@@H]1O. The van der Waals surface area contributed by atoms with Gasteiger partial charge in [-0.3, -0.25) is 13.6 Å². The van der Waals surface area contributed by atoms with Crippen LogP contribution in [-0.4, -0.2) is 54.4 Å². The van der Waals surface area contributed by atoms with E-state index in [9.17, 15) is 14.6 Å². The van der Waals surface area contributed by atoms with Crippen molar-refractivity contribution >= 4 is 40.7 Å². The first-order valence-corrected chi connectivity index (χ1v) is 8.79. The molecule has 4 rings (SSSR count). The van der Waals surface area contributed by atoms with Gasteiger partial charge in [0.15, 0.2) is 27.9 Å². The third kappa shape index (κ3) is 2.38. The molecule has 0 aromatic carbocycles. The summed E-state index contributed by atoms with van der Waals surface area (Å²) in [6.07, 6.45) is -2.62. The lowest BCUT2D eigenvalue weighted by atomic mass is 10.1. The number of phosphoric acid groups is 1. The highest BCUT2D eigenvalue weighted by Gasteiger charge is 2.53. The molecule has 23 heavy (non-hydrogen) atoms. The summed E-state index contributed by atoms with van der Waals surface area (Å²) in [5, 5.41) is 10.5. The molecule has 2 saturated heterocycles. The predicted octanol–water partition coefficient (Wildman–Crippen LogP) is -0.0549. The zero-order valence-electron chi connectivity index (χ0n) is 11.3. The van der Waals surface area contributed by atoms with Crippen molar-refractivity contribution in [2.45, 2.75) is 24.5 Å². The van der Waals surface area contributed by atoms with Gasteiger partial charge in [0.05, 0.1) is 6.61 Å². The molecule has 4 N–H and O–H groups in total. The maximum Gasteiger partial charge on any atom is 0.472 e. The van der Waals surface area contributed by atoms with Crippen molar-refractivity contribution in [1.29, 1.82) is 0 Å². The van der Waals surface area contributed by atoms with Crippen molar-refractivity contribution in [2.75, 3.05) is 12.3 Å². The van der Waals surface area contributed by atoms with Crippen LogP contribution in [0.3, 0.4) is 0 Å². The van der Waals surface area contributed by atoms with Crippen LogP contribution in [0.4, 0.5) is 5.82 Å². The summed E-state index contributed by atoms with van der Waals surface area (Å²) >= 11 is 3.26. The Morgan fingerprint density at radius 2 is 2.26 bits per heavy atom. The lowest BCUT2D eigenvalue weighted by Gasteiger charge is -2.27. The number of anilines is 1. The number of nitrogens with two attached hydrogens (primary N) is 1. The van der Waals surface area contributed by atoms with Crippen molar-refractivity contribution < 1.29 is 28.3 Å². The molecule has 2 aliphatic rings. The van der Waals surface area contributed by atoms with Crippen LogP contribution in [0, 0.1) is 0 Å². The fourth-order valence-corrected chi connectivity index (χ4v) is 4.19. The van der Waals surface area contributed by atoms with E-state index in [4.69, 9.17) is 19.5 Å². The molecular formula is C10H11BrN5O6P. The van der Waals surface area contributed by atoms with Crippen molar-refractivity contribution in [3.8, 4) is 0 Å². The lowest BCUT2D eigenvalue weighted by Crippen LogP contribution is -2.39. The number of aromatic nitrogens is 4. The average Bonchev–Trinajstić information content (AvgIpc) is 2.97. The summed E-state index contributed by atoms with van der Waals surface area (Å²) < 4.78 is 28.6. The van der Waals surface area contributed by atoms with Gasteiger partial charge in [-0.25, -0.2) is 19.5 Å². The molecule has 5 atom stereocenters. The first-order chi connectivity index (χ1) is 10.9. The molecule has 2 aromatic rings. The number of rotatable bonds is 1. The van der Waals surface area contributed by atoms with Gasteiger partial charge < -0.3 is 20.5 Å². The monoisotopic (exact) mass is 407 g/mol. The minimum Gasteiger partial charge on any atom is -0.386 e. The number of fused-ring (bicyclic) bond motifs is 2. The second-order valence-corrected chi connectivity index (χ2v) is 7.19. The van der Waals surface area contributed by atoms with Crippen molar-refractivity contribution in [2.24, 2.45) is 0 Å². The van der Waals surface area contributed by atoms with Crippen LogP contribution in [0.2, 0.25) is 0 Å². The topological polar surface area (TPSA) is 155 Å². The number of halogens is 1. The summed E-state index contributed by atoms with van der Waals surface area (Å²) in [6.45, 7) is -0.173. The van der Waals surface area contributed by atoms with E-state index in [-0.39, 0.29) is 12.4 Å². The first-order valence-electron chi connectivity index (χ1n) is 6.50.